The minimum Gasteiger partial charge on any atom is -0.504 e. The van der Waals surface area contributed by atoms with Gasteiger partial charge in [0.05, 0.1) is 12.2 Å². The van der Waals surface area contributed by atoms with Crippen LogP contribution in [0.5, 0.6) is 11.5 Å². The van der Waals surface area contributed by atoms with Crippen LogP contribution in [0.25, 0.3) is 6.08 Å². The lowest BCUT2D eigenvalue weighted by Crippen LogP contribution is -2.53. The fraction of sp³-hybridized carbons (Fsp3) is 0.471. The molecule has 2 rings (SSSR count). The number of carboxylic acids is 1. The highest BCUT2D eigenvalue weighted by molar-refractivity contribution is 5.77. The van der Waals surface area contributed by atoms with Gasteiger partial charge in [-0.1, -0.05) is 25.1 Å². The molecule has 0 saturated heterocycles. The summed E-state index contributed by atoms with van der Waals surface area (Å²) in [6, 6.07) is 4.70. The van der Waals surface area contributed by atoms with Crippen LogP contribution in [-0.4, -0.2) is 54.4 Å². The number of hydrogen-bond acceptors (Lipinski definition) is 6. The summed E-state index contributed by atoms with van der Waals surface area (Å²) in [6.07, 6.45) is 1.27. The molecule has 4 unspecified atom stereocenters. The highest BCUT2D eigenvalue weighted by Gasteiger charge is 2.47. The highest BCUT2D eigenvalue weighted by Crippen LogP contribution is 2.32. The van der Waals surface area contributed by atoms with Gasteiger partial charge >= 0.3 is 5.97 Å². The van der Waals surface area contributed by atoms with Crippen LogP contribution in [-0.2, 0) is 4.79 Å². The lowest BCUT2D eigenvalue weighted by atomic mass is 9.75. The first-order valence-corrected chi connectivity index (χ1v) is 7.57. The molecule has 0 amide bonds. The maximum Gasteiger partial charge on any atom is 0.335 e. The largest absolute Gasteiger partial charge is 0.504 e. The van der Waals surface area contributed by atoms with Gasteiger partial charge in [-0.3, -0.25) is 0 Å². The van der Waals surface area contributed by atoms with Crippen molar-refractivity contribution in [1.29, 1.82) is 0 Å². The van der Waals surface area contributed by atoms with Crippen LogP contribution in [0.2, 0.25) is 0 Å². The molecule has 0 radical (unpaired) electrons. The Hall–Kier alpha value is -2.09. The number of allylic oxidation sites excluding steroid dienone is 1. The van der Waals surface area contributed by atoms with Crippen LogP contribution >= 0.6 is 0 Å². The molecule has 24 heavy (non-hydrogen) atoms. The average Bonchev–Trinajstić information content (AvgIpc) is 2.49. The molecule has 7 nitrogen and oxygen atoms in total. The van der Waals surface area contributed by atoms with Gasteiger partial charge in [0.2, 0.25) is 0 Å². The predicted octanol–water partition coefficient (Wildman–Crippen LogP) is 1.08. The van der Waals surface area contributed by atoms with Crippen LogP contribution in [0.3, 0.4) is 0 Å². The Labute approximate surface area is 140 Å². The molecule has 1 fully saturated rings. The van der Waals surface area contributed by atoms with Crippen LogP contribution < -0.4 is 0 Å². The number of phenols is 2. The Morgan fingerprint density at radius 1 is 1.21 bits per heavy atom. The van der Waals surface area contributed by atoms with E-state index < -0.39 is 29.7 Å². The number of aliphatic carboxylic acids is 1. The predicted molar refractivity (Wildman–Crippen MR) is 87.5 cm³/mol. The lowest BCUT2D eigenvalue weighted by Gasteiger charge is -2.38. The zero-order valence-electron chi connectivity index (χ0n) is 13.6. The Balaban J connectivity index is 0.000000243. The molecule has 7 heteroatoms. The van der Waals surface area contributed by atoms with E-state index in [1.165, 1.54) is 12.1 Å². The summed E-state index contributed by atoms with van der Waals surface area (Å²) in [5, 5.41) is 54.8. The van der Waals surface area contributed by atoms with Crippen molar-refractivity contribution in [3.8, 4) is 11.5 Å². The van der Waals surface area contributed by atoms with Gasteiger partial charge in [0.1, 0.15) is 0 Å². The molecule has 0 spiro atoms. The molecule has 1 aromatic rings. The molecular weight excluding hydrogens is 316 g/mol. The van der Waals surface area contributed by atoms with Crippen molar-refractivity contribution in [3.05, 3.63) is 29.8 Å². The summed E-state index contributed by atoms with van der Waals surface area (Å²) in [5.74, 6) is -1.92. The Kier molecular flexibility index (Phi) is 6.77. The van der Waals surface area contributed by atoms with Crippen molar-refractivity contribution < 1.29 is 35.4 Å². The zero-order valence-corrected chi connectivity index (χ0v) is 13.6. The second-order valence-electron chi connectivity index (χ2n) is 6.03. The van der Waals surface area contributed by atoms with Crippen LogP contribution in [0.4, 0.5) is 0 Å². The summed E-state index contributed by atoms with van der Waals surface area (Å²) in [4.78, 5) is 10.6. The summed E-state index contributed by atoms with van der Waals surface area (Å²) in [6.45, 7) is 3.49. The fourth-order valence-corrected chi connectivity index (χ4v) is 2.59. The number of carbonyl (C=O) groups is 1. The summed E-state index contributed by atoms with van der Waals surface area (Å²) in [7, 11) is 0. The third-order valence-electron chi connectivity index (χ3n) is 3.94. The molecule has 0 heterocycles. The second-order valence-corrected chi connectivity index (χ2v) is 6.03. The standard InChI is InChI=1S/C9H10O2.C8H14O5/c1-2-3-7-4-5-8(10)9(11)6-7;1-4-2-8(13,7(11)12)3-5(9)6(4)10/h2-6,10-11H,1H3;4-6,9-10,13H,2-3H2,1H3,(H,11,12). The van der Waals surface area contributed by atoms with E-state index in [1.807, 2.05) is 19.1 Å². The van der Waals surface area contributed by atoms with Gasteiger partial charge in [-0.15, -0.1) is 0 Å². The van der Waals surface area contributed by atoms with E-state index in [4.69, 9.17) is 15.3 Å². The van der Waals surface area contributed by atoms with Crippen molar-refractivity contribution in [2.75, 3.05) is 0 Å². The monoisotopic (exact) mass is 340 g/mol. The molecule has 1 saturated carbocycles. The molecule has 1 aliphatic carbocycles. The van der Waals surface area contributed by atoms with Crippen molar-refractivity contribution in [1.82, 2.24) is 0 Å². The maximum atomic E-state index is 10.6. The van der Waals surface area contributed by atoms with E-state index in [-0.39, 0.29) is 24.3 Å². The summed E-state index contributed by atoms with van der Waals surface area (Å²) in [5.41, 5.74) is -1.01. The van der Waals surface area contributed by atoms with Crippen molar-refractivity contribution >= 4 is 12.0 Å². The van der Waals surface area contributed by atoms with E-state index in [1.54, 1.807) is 13.0 Å². The van der Waals surface area contributed by atoms with Gasteiger partial charge in [0, 0.05) is 6.42 Å². The van der Waals surface area contributed by atoms with Gasteiger partial charge in [-0.05, 0) is 37.0 Å². The Bertz CT molecular complexity index is 585. The van der Waals surface area contributed by atoms with Crippen molar-refractivity contribution in [2.45, 2.75) is 44.5 Å². The van der Waals surface area contributed by atoms with Gasteiger partial charge < -0.3 is 30.6 Å². The minimum atomic E-state index is -1.89. The first-order chi connectivity index (χ1) is 11.1. The van der Waals surface area contributed by atoms with Gasteiger partial charge in [-0.25, -0.2) is 4.79 Å². The molecule has 4 atom stereocenters. The number of aliphatic hydroxyl groups excluding tert-OH is 2. The number of rotatable bonds is 2. The number of phenolic OH excluding ortho intramolecular Hbond substituents is 2. The lowest BCUT2D eigenvalue weighted by molar-refractivity contribution is -0.177. The van der Waals surface area contributed by atoms with Gasteiger partial charge in [0.25, 0.3) is 0 Å². The van der Waals surface area contributed by atoms with Crippen LogP contribution in [0, 0.1) is 5.92 Å². The molecule has 0 bridgehead atoms. The summed E-state index contributed by atoms with van der Waals surface area (Å²) < 4.78 is 0. The average molecular weight is 340 g/mol. The number of aromatic hydroxyl groups is 2. The summed E-state index contributed by atoms with van der Waals surface area (Å²) >= 11 is 0. The van der Waals surface area contributed by atoms with E-state index in [2.05, 4.69) is 0 Å². The highest BCUT2D eigenvalue weighted by atomic mass is 16.4. The third kappa shape index (κ3) is 4.95. The Morgan fingerprint density at radius 2 is 1.83 bits per heavy atom. The molecule has 0 aromatic heterocycles. The molecule has 1 aliphatic rings. The first kappa shape index (κ1) is 20.0. The van der Waals surface area contributed by atoms with Crippen LogP contribution in [0.1, 0.15) is 32.3 Å². The van der Waals surface area contributed by atoms with E-state index in [9.17, 15) is 20.1 Å². The van der Waals surface area contributed by atoms with Gasteiger partial charge in [-0.2, -0.15) is 0 Å². The van der Waals surface area contributed by atoms with E-state index in [0.29, 0.717) is 0 Å². The van der Waals surface area contributed by atoms with Gasteiger partial charge in [0.15, 0.2) is 17.1 Å². The molecule has 134 valence electrons. The zero-order chi connectivity index (χ0) is 18.5. The van der Waals surface area contributed by atoms with Crippen molar-refractivity contribution in [2.24, 2.45) is 5.92 Å². The maximum absolute atomic E-state index is 10.6. The Morgan fingerprint density at radius 3 is 2.29 bits per heavy atom. The number of aliphatic hydroxyl groups is 3. The molecular formula is C17H24O7. The normalized spacial score (nSPS) is 29.8. The SMILES string of the molecule is CC1CC(O)(C(=O)O)CC(O)C1O.CC=Cc1ccc(O)c(O)c1. The quantitative estimate of drug-likeness (QED) is 0.443. The van der Waals surface area contributed by atoms with Crippen molar-refractivity contribution in [3.63, 3.8) is 0 Å². The van der Waals surface area contributed by atoms with E-state index in [0.717, 1.165) is 5.56 Å². The first-order valence-electron chi connectivity index (χ1n) is 7.57. The number of carboxylic acid groups (broad SMARTS) is 1. The molecule has 6 N–H and O–H groups in total. The minimum absolute atomic E-state index is 0.0272. The number of benzene rings is 1. The molecule has 1 aromatic carbocycles. The smallest absolute Gasteiger partial charge is 0.335 e. The fourth-order valence-electron chi connectivity index (χ4n) is 2.59. The third-order valence-corrected chi connectivity index (χ3v) is 3.94. The van der Waals surface area contributed by atoms with Crippen LogP contribution in [0.15, 0.2) is 24.3 Å². The molecule has 0 aliphatic heterocycles. The topological polar surface area (TPSA) is 138 Å². The number of hydrogen-bond donors (Lipinski definition) is 6. The van der Waals surface area contributed by atoms with E-state index >= 15 is 0 Å². The second kappa shape index (κ2) is 8.14.